The van der Waals surface area contributed by atoms with Crippen molar-refractivity contribution in [2.24, 2.45) is 0 Å². The van der Waals surface area contributed by atoms with E-state index >= 15 is 0 Å². The molecule has 0 aliphatic carbocycles. The minimum Gasteiger partial charge on any atom is -0.309 e. The average Bonchev–Trinajstić information content (AvgIpc) is 2.55. The van der Waals surface area contributed by atoms with Crippen LogP contribution in [0, 0.1) is 5.95 Å². The summed E-state index contributed by atoms with van der Waals surface area (Å²) in [6, 6.07) is 11.5. The molecule has 23 heavy (non-hydrogen) atoms. The highest BCUT2D eigenvalue weighted by molar-refractivity contribution is 8.00. The monoisotopic (exact) mass is 366 g/mol. The van der Waals surface area contributed by atoms with Crippen molar-refractivity contribution < 1.29 is 4.39 Å². The SMILES string of the molecule is Fc1cccc(SNc2ccc(Cl)c(-c3cccnc3Cl)n2)n1. The highest BCUT2D eigenvalue weighted by Crippen LogP contribution is 2.32. The van der Waals surface area contributed by atoms with Crippen molar-refractivity contribution in [1.82, 2.24) is 15.0 Å². The number of hydrogen-bond acceptors (Lipinski definition) is 5. The lowest BCUT2D eigenvalue weighted by Crippen LogP contribution is -1.95. The van der Waals surface area contributed by atoms with Crippen LogP contribution in [-0.2, 0) is 0 Å². The van der Waals surface area contributed by atoms with E-state index in [2.05, 4.69) is 19.7 Å². The first-order chi connectivity index (χ1) is 11.1. The van der Waals surface area contributed by atoms with Crippen LogP contribution in [0.3, 0.4) is 0 Å². The smallest absolute Gasteiger partial charge is 0.213 e. The first kappa shape index (κ1) is 16.0. The average molecular weight is 367 g/mol. The summed E-state index contributed by atoms with van der Waals surface area (Å²) in [7, 11) is 0. The van der Waals surface area contributed by atoms with E-state index < -0.39 is 5.95 Å². The molecule has 0 atom stereocenters. The van der Waals surface area contributed by atoms with E-state index in [0.29, 0.717) is 32.3 Å². The molecule has 3 aromatic rings. The van der Waals surface area contributed by atoms with Crippen LogP contribution in [0.25, 0.3) is 11.3 Å². The predicted octanol–water partition coefficient (Wildman–Crippen LogP) is 5.10. The Hall–Kier alpha value is -1.89. The Morgan fingerprint density at radius 2 is 1.87 bits per heavy atom. The van der Waals surface area contributed by atoms with E-state index in [9.17, 15) is 4.39 Å². The van der Waals surface area contributed by atoms with Crippen molar-refractivity contribution in [1.29, 1.82) is 0 Å². The quantitative estimate of drug-likeness (QED) is 0.513. The van der Waals surface area contributed by atoms with E-state index in [0.717, 1.165) is 11.9 Å². The molecular weight excluding hydrogens is 358 g/mol. The van der Waals surface area contributed by atoms with Gasteiger partial charge in [0, 0.05) is 23.7 Å². The van der Waals surface area contributed by atoms with Crippen LogP contribution < -0.4 is 4.72 Å². The van der Waals surface area contributed by atoms with Crippen LogP contribution in [-0.4, -0.2) is 15.0 Å². The van der Waals surface area contributed by atoms with Crippen molar-refractivity contribution in [2.75, 3.05) is 4.72 Å². The Balaban J connectivity index is 1.85. The van der Waals surface area contributed by atoms with Crippen molar-refractivity contribution in [3.05, 3.63) is 64.8 Å². The number of halogens is 3. The Morgan fingerprint density at radius 3 is 2.65 bits per heavy atom. The van der Waals surface area contributed by atoms with Crippen molar-refractivity contribution in [3.8, 4) is 11.3 Å². The van der Waals surface area contributed by atoms with Crippen molar-refractivity contribution in [2.45, 2.75) is 5.03 Å². The standard InChI is InChI=1S/C15H9Cl2FN4S/c16-10-6-7-12(22-23-13-5-1-4-11(18)20-13)21-14(10)9-3-2-8-19-15(9)17/h1-8H,(H,21,22). The summed E-state index contributed by atoms with van der Waals surface area (Å²) in [5, 5.41) is 1.26. The van der Waals surface area contributed by atoms with Crippen LogP contribution in [0.1, 0.15) is 0 Å². The molecule has 0 aliphatic heterocycles. The number of hydrogen-bond donors (Lipinski definition) is 1. The molecule has 0 fully saturated rings. The Bertz CT molecular complexity index is 847. The Morgan fingerprint density at radius 1 is 1.00 bits per heavy atom. The summed E-state index contributed by atoms with van der Waals surface area (Å²) in [6.07, 6.45) is 1.59. The number of aromatic nitrogens is 3. The molecule has 0 amide bonds. The first-order valence-corrected chi connectivity index (χ1v) is 8.03. The lowest BCUT2D eigenvalue weighted by Gasteiger charge is -2.09. The minimum absolute atomic E-state index is 0.318. The molecule has 0 saturated heterocycles. The maximum absolute atomic E-state index is 13.1. The topological polar surface area (TPSA) is 50.7 Å². The number of rotatable bonds is 4. The normalized spacial score (nSPS) is 10.6. The molecule has 0 bridgehead atoms. The van der Waals surface area contributed by atoms with Gasteiger partial charge in [0.2, 0.25) is 5.95 Å². The molecule has 1 N–H and O–H groups in total. The van der Waals surface area contributed by atoms with Gasteiger partial charge in [-0.25, -0.2) is 15.0 Å². The maximum Gasteiger partial charge on any atom is 0.213 e. The number of anilines is 1. The molecule has 3 aromatic heterocycles. The summed E-state index contributed by atoms with van der Waals surface area (Å²) >= 11 is 13.4. The second-order valence-electron chi connectivity index (χ2n) is 4.37. The molecular formula is C15H9Cl2FN4S. The zero-order valence-corrected chi connectivity index (χ0v) is 13.8. The lowest BCUT2D eigenvalue weighted by molar-refractivity contribution is 0.572. The van der Waals surface area contributed by atoms with Gasteiger partial charge in [-0.15, -0.1) is 0 Å². The highest BCUT2D eigenvalue weighted by atomic mass is 35.5. The molecule has 3 heterocycles. The summed E-state index contributed by atoms with van der Waals surface area (Å²) in [6.45, 7) is 0. The predicted molar refractivity (Wildman–Crippen MR) is 91.2 cm³/mol. The highest BCUT2D eigenvalue weighted by Gasteiger charge is 2.11. The molecule has 0 aliphatic rings. The molecule has 0 unspecified atom stereocenters. The lowest BCUT2D eigenvalue weighted by atomic mass is 10.2. The molecule has 3 rings (SSSR count). The largest absolute Gasteiger partial charge is 0.309 e. The number of nitrogens with zero attached hydrogens (tertiary/aromatic N) is 3. The fraction of sp³-hybridized carbons (Fsp3) is 0. The maximum atomic E-state index is 13.1. The van der Waals surface area contributed by atoms with E-state index in [1.165, 1.54) is 6.07 Å². The van der Waals surface area contributed by atoms with Crippen LogP contribution in [0.5, 0.6) is 0 Å². The zero-order chi connectivity index (χ0) is 16.2. The second-order valence-corrected chi connectivity index (χ2v) is 5.96. The molecule has 0 spiro atoms. The van der Waals surface area contributed by atoms with E-state index in [1.807, 2.05) is 0 Å². The van der Waals surface area contributed by atoms with Gasteiger partial charge in [0.15, 0.2) is 0 Å². The second kappa shape index (κ2) is 7.12. The van der Waals surface area contributed by atoms with Crippen LogP contribution >= 0.6 is 35.1 Å². The fourth-order valence-electron chi connectivity index (χ4n) is 1.80. The Kier molecular flexibility index (Phi) is 4.95. The van der Waals surface area contributed by atoms with Gasteiger partial charge >= 0.3 is 0 Å². The Labute approximate surface area is 146 Å². The number of nitrogens with one attached hydrogen (secondary N) is 1. The molecule has 0 aromatic carbocycles. The molecule has 4 nitrogen and oxygen atoms in total. The summed E-state index contributed by atoms with van der Waals surface area (Å²) < 4.78 is 16.1. The van der Waals surface area contributed by atoms with Gasteiger partial charge < -0.3 is 4.72 Å². The number of pyridine rings is 3. The third-order valence-electron chi connectivity index (χ3n) is 2.81. The van der Waals surface area contributed by atoms with Crippen LogP contribution in [0.4, 0.5) is 10.2 Å². The third kappa shape index (κ3) is 3.90. The summed E-state index contributed by atoms with van der Waals surface area (Å²) in [5.41, 5.74) is 1.15. The minimum atomic E-state index is -0.538. The van der Waals surface area contributed by atoms with Gasteiger partial charge in [0.1, 0.15) is 16.0 Å². The zero-order valence-electron chi connectivity index (χ0n) is 11.5. The van der Waals surface area contributed by atoms with Crippen LogP contribution in [0.2, 0.25) is 10.2 Å². The van der Waals surface area contributed by atoms with Crippen molar-refractivity contribution >= 4 is 41.0 Å². The third-order valence-corrected chi connectivity index (χ3v) is 4.16. The van der Waals surface area contributed by atoms with Crippen LogP contribution in [0.15, 0.2) is 53.7 Å². The van der Waals surface area contributed by atoms with Gasteiger partial charge in [-0.1, -0.05) is 29.3 Å². The van der Waals surface area contributed by atoms with E-state index in [4.69, 9.17) is 23.2 Å². The van der Waals surface area contributed by atoms with E-state index in [-0.39, 0.29) is 0 Å². The summed E-state index contributed by atoms with van der Waals surface area (Å²) in [5.74, 6) is 0.00378. The van der Waals surface area contributed by atoms with E-state index in [1.54, 1.807) is 42.6 Å². The van der Waals surface area contributed by atoms with Gasteiger partial charge in [0.05, 0.1) is 10.7 Å². The van der Waals surface area contributed by atoms with Gasteiger partial charge in [0.25, 0.3) is 0 Å². The molecule has 0 saturated carbocycles. The first-order valence-electron chi connectivity index (χ1n) is 6.46. The molecule has 0 radical (unpaired) electrons. The summed E-state index contributed by atoms with van der Waals surface area (Å²) in [4.78, 5) is 12.2. The van der Waals surface area contributed by atoms with Gasteiger partial charge in [-0.05, 0) is 36.4 Å². The molecule has 8 heteroatoms. The van der Waals surface area contributed by atoms with Gasteiger partial charge in [-0.2, -0.15) is 4.39 Å². The fourth-order valence-corrected chi connectivity index (χ4v) is 2.82. The molecule has 116 valence electrons. The van der Waals surface area contributed by atoms with Crippen molar-refractivity contribution in [3.63, 3.8) is 0 Å². The van der Waals surface area contributed by atoms with Gasteiger partial charge in [-0.3, -0.25) is 0 Å².